The topological polar surface area (TPSA) is 390 Å². The van der Waals surface area contributed by atoms with Gasteiger partial charge in [-0.25, -0.2) is 38.4 Å². The molecule has 0 radical (unpaired) electrons. The Kier molecular flexibility index (Phi) is 46.8. The van der Waals surface area contributed by atoms with E-state index in [4.69, 9.17) is 42.6 Å². The molecule has 5 heterocycles. The third kappa shape index (κ3) is 33.6. The van der Waals surface area contributed by atoms with Gasteiger partial charge in [-0.3, -0.25) is 37.6 Å². The van der Waals surface area contributed by atoms with Crippen molar-refractivity contribution < 1.29 is 144 Å². The molecule has 12 aromatic rings. The number of rotatable bonds is 24. The number of benzene rings is 12. The van der Waals surface area contributed by atoms with Crippen molar-refractivity contribution in [3.8, 4) is 44.5 Å². The number of carbonyl (C=O) groups excluding carboxylic acids is 10. The number of Topliss-reactive ketones (excluding diaryl/α,β-unsaturated/α-hetero) is 1. The van der Waals surface area contributed by atoms with Gasteiger partial charge in [-0.1, -0.05) is 315 Å². The normalized spacial score (nSPS) is 19.0. The Labute approximate surface area is 893 Å². The molecule has 5 fully saturated rings. The number of ether oxygens (including phenoxy) is 11. The van der Waals surface area contributed by atoms with E-state index in [1.807, 2.05) is 267 Å². The molecule has 5 saturated heterocycles. The second kappa shape index (κ2) is 59.0. The predicted molar refractivity (Wildman–Crippen MR) is 551 cm³/mol. The maximum atomic E-state index is 13.0. The van der Waals surface area contributed by atoms with Gasteiger partial charge in [0.05, 0.1) is 82.1 Å². The molecule has 9 atom stereocenters. The number of ketones is 1. The number of nitrogens with one attached hydrogen (secondary N) is 1. The van der Waals surface area contributed by atoms with Gasteiger partial charge < -0.3 is 84.6 Å². The molecule has 0 aliphatic carbocycles. The molecule has 5 aliphatic heterocycles. The van der Waals surface area contributed by atoms with Gasteiger partial charge in [-0.15, -0.1) is 5.56 Å². The second-order valence-electron chi connectivity index (χ2n) is 34.2. The molecule has 0 saturated carbocycles. The van der Waals surface area contributed by atoms with E-state index in [1.54, 1.807) is 14.2 Å². The van der Waals surface area contributed by atoms with E-state index in [-0.39, 0.29) is 136 Å². The summed E-state index contributed by atoms with van der Waals surface area (Å²) in [6.45, 7) is 1.09. The average molecular weight is 2130 g/mol. The van der Waals surface area contributed by atoms with E-state index in [0.29, 0.717) is 18.5 Å². The van der Waals surface area contributed by atoms with Crippen LogP contribution in [0.4, 0.5) is 19.2 Å². The Hall–Kier alpha value is -14.3. The number of nitrogens with zero attached hydrogens (tertiary/aromatic N) is 4. The molecule has 3 N–H and O–H groups in total. The van der Waals surface area contributed by atoms with Crippen LogP contribution in [0.3, 0.4) is 0 Å². The van der Waals surface area contributed by atoms with Crippen LogP contribution in [0.2, 0.25) is 0 Å². The quantitative estimate of drug-likeness (QED) is 0.0219. The zero-order valence-electron chi connectivity index (χ0n) is 84.1. The molecule has 35 heteroatoms. The maximum absolute atomic E-state index is 13.0. The number of esters is 5. The number of likely N-dealkylation sites (tertiary alicyclic amines) is 4. The van der Waals surface area contributed by atoms with Crippen LogP contribution in [0.5, 0.6) is 0 Å². The van der Waals surface area contributed by atoms with E-state index in [2.05, 4.69) is 102 Å². The first-order chi connectivity index (χ1) is 71.1. The molecule has 17 rings (SSSR count). The maximum Gasteiger partial charge on any atom is 2.00 e. The van der Waals surface area contributed by atoms with Crippen LogP contribution >= 0.6 is 0 Å². The van der Waals surface area contributed by atoms with Gasteiger partial charge in [0.1, 0.15) is 73.4 Å². The van der Waals surface area contributed by atoms with E-state index in [0.717, 1.165) is 80.3 Å². The number of hydrogen-bond acceptors (Lipinski definition) is 28. The van der Waals surface area contributed by atoms with Crippen molar-refractivity contribution in [2.75, 3.05) is 96.7 Å². The average Bonchev–Trinajstić information content (AvgIpc) is 1.63. The first-order valence-electron chi connectivity index (χ1n) is 47.0. The van der Waals surface area contributed by atoms with Crippen molar-refractivity contribution in [3.63, 3.8) is 0 Å². The summed E-state index contributed by atoms with van der Waals surface area (Å²) >= 11 is 0. The summed E-state index contributed by atoms with van der Waals surface area (Å²) in [7, 11) is 8.14. The summed E-state index contributed by atoms with van der Waals surface area (Å²) in [5.41, 5.74) is 12.4. The molecule has 0 aromatic heterocycles. The van der Waals surface area contributed by atoms with Crippen LogP contribution in [0.15, 0.2) is 340 Å². The zero-order chi connectivity index (χ0) is 105. The third-order valence-corrected chi connectivity index (χ3v) is 25.8. The predicted octanol–water partition coefficient (Wildman–Crippen LogP) is 13.0. The van der Waals surface area contributed by atoms with Crippen molar-refractivity contribution >= 4 is 93.5 Å². The first-order valence-corrected chi connectivity index (χ1v) is 48.3. The van der Waals surface area contributed by atoms with Crippen molar-refractivity contribution in [2.45, 2.75) is 112 Å². The Morgan fingerprint density at radius 2 is 0.658 bits per heavy atom. The van der Waals surface area contributed by atoms with Gasteiger partial charge in [0.2, 0.25) is 0 Å². The van der Waals surface area contributed by atoms with Crippen LogP contribution in [-0.2, 0) is 143 Å². The Bertz CT molecular complexity index is 6300. The van der Waals surface area contributed by atoms with Gasteiger partial charge in [-0.2, -0.15) is 38.7 Å². The van der Waals surface area contributed by atoms with Crippen molar-refractivity contribution in [1.29, 1.82) is 0 Å². The molecular weight excluding hydrogens is 2010 g/mol. The SMILES string of the molecule is COC(=O)[C@@H]1CC(=O)CN1C(=O)OCc1ccccc1.COC(=O)[C@@H]1C[C@@H](O)CN1C(=O)OCc1ccccc1.COC(=O)[C@@H]1C[C@@](O)(c2ccc(-c3ccccc3)cc2)CN1C(=O)OCc1ccccc1.COC(=O)[C@@H]1C[C@@](OC)(c2ccc(-c3ccccc3)cc2)CN1.COC(=O)[C@@H]1C[C@@](OC)(c2ccc(-c3ccccc3)cc2)CN1C(=O)OCc1ccccc1.COS(=O)(=O)OC.[Br-].[Mg+2].[c-]1ccc(-c2ccccc2)cc1. The fraction of sp³-hybridized carbons (Fsp3) is 0.281. The molecule has 149 heavy (non-hydrogen) atoms. The number of aliphatic hydroxyl groups is 2. The standard InChI is InChI=1S/C27H27NO5.C26H25NO5.C19H21NO3.C14H17NO5.C14H15NO5.C12H9.C2H6O4S.BrH.Mg/c1-31-25(29)24-17-27(32-2,19-28(24)26(30)33-18-20-9-5-3-6-10-20)23-15-13-22(14-16-23)21-11-7-4-8-12-21;1-31-24(28)23-16-26(30,18-27(23)25(29)32-17-19-8-4-2-5-9-19)22-14-12-21(13-15-22)20-10-6-3-7-11-20;1-22-18(21)17-12-19(23-2,13-20-17)16-10-8-15(9-11-16)14-6-4-3-5-7-14;2*1-19-13(17)12-7-11(16)8-15(12)14(18)20-9-10-5-3-2-4-6-10;1-3-7-11(8-4-1)12-9-5-2-6-10-12;1-5-7(3,4)6-2;;/h3-16,24H,17-19H2,1-2H3;2-15,23,30H,16-18H2,1H3;3-11,17,20H,12-13H2,1-2H3;2-6,11-12,16H,7-9H2,1H3;2-6,12H,7-9H2,1H3;1,3-10H;1-2H3;1H;/q;;;;;-1;;;+2/p-1/t24-,27-;23-,26-;17-,19-;11-,12+;12-;;;;/m00010..../s1. The first kappa shape index (κ1) is 118. The van der Waals surface area contributed by atoms with Gasteiger partial charge >= 0.3 is 87.7 Å². The summed E-state index contributed by atoms with van der Waals surface area (Å²) in [6, 6.07) is 109. The Morgan fingerprint density at radius 1 is 0.356 bits per heavy atom. The monoisotopic (exact) mass is 2130 g/mol. The van der Waals surface area contributed by atoms with Gasteiger partial charge in [0, 0.05) is 52.9 Å². The third-order valence-electron chi connectivity index (χ3n) is 25.0. The van der Waals surface area contributed by atoms with Crippen molar-refractivity contribution in [1.82, 2.24) is 24.9 Å². The fourth-order valence-electron chi connectivity index (χ4n) is 17.0. The number of hydrogen-bond donors (Lipinski definition) is 3. The molecule has 0 unspecified atom stereocenters. The molecule has 32 nitrogen and oxygen atoms in total. The zero-order valence-corrected chi connectivity index (χ0v) is 87.9. The number of amides is 4. The summed E-state index contributed by atoms with van der Waals surface area (Å²) < 4.78 is 84.3. The number of β-amino-alcohol motifs (C(OH)–C–C–N with tert-alkyl or cyclic N) is 2. The molecule has 0 spiro atoms. The second-order valence-corrected chi connectivity index (χ2v) is 35.7. The molecule has 0 bridgehead atoms. The summed E-state index contributed by atoms with van der Waals surface area (Å²) in [6.07, 6.45) is -2.25. The molecule has 12 aromatic carbocycles. The van der Waals surface area contributed by atoms with E-state index >= 15 is 0 Å². The largest absolute Gasteiger partial charge is 2.00 e. The number of halogens is 1. The van der Waals surface area contributed by atoms with Crippen molar-refractivity contribution in [3.05, 3.63) is 385 Å². The molecule has 4 amide bonds. The van der Waals surface area contributed by atoms with E-state index < -0.39 is 106 Å². The molecule has 778 valence electrons. The molecule has 5 aliphatic rings. The van der Waals surface area contributed by atoms with E-state index in [9.17, 15) is 66.6 Å². The smallest absolute Gasteiger partial charge is 1.00 e. The van der Waals surface area contributed by atoms with Crippen LogP contribution in [0.25, 0.3) is 44.5 Å². The number of methoxy groups -OCH3 is 7. The van der Waals surface area contributed by atoms with Crippen LogP contribution in [0, 0.1) is 6.07 Å². The van der Waals surface area contributed by atoms with Crippen LogP contribution in [0.1, 0.15) is 71.0 Å². The number of carbonyl (C=O) groups is 10. The Morgan fingerprint density at radius 3 is 1.01 bits per heavy atom. The van der Waals surface area contributed by atoms with Gasteiger partial charge in [0.25, 0.3) is 0 Å². The summed E-state index contributed by atoms with van der Waals surface area (Å²) in [5.74, 6) is -2.66. The fourth-order valence-corrected chi connectivity index (χ4v) is 17.1. The Balaban J connectivity index is 0.000000199. The minimum atomic E-state index is -3.66. The summed E-state index contributed by atoms with van der Waals surface area (Å²) in [5, 5.41) is 24.2. The minimum Gasteiger partial charge on any atom is -1.00 e. The summed E-state index contributed by atoms with van der Waals surface area (Å²) in [4.78, 5) is 126. The number of aliphatic hydroxyl groups excluding tert-OH is 1. The van der Waals surface area contributed by atoms with Crippen molar-refractivity contribution in [2.24, 2.45) is 0 Å². The molecular formula is C114H120BrMgN5O27S. The van der Waals surface area contributed by atoms with Crippen LogP contribution < -0.4 is 22.3 Å². The van der Waals surface area contributed by atoms with E-state index in [1.165, 1.54) is 66.9 Å². The minimum absolute atomic E-state index is 0. The van der Waals surface area contributed by atoms with Gasteiger partial charge in [-0.05, 0) is 77.9 Å². The van der Waals surface area contributed by atoms with Gasteiger partial charge in [0.15, 0.2) is 5.78 Å². The van der Waals surface area contributed by atoms with Crippen LogP contribution in [-0.4, -0.2) is 254 Å².